The monoisotopic (exact) mass is 762 g/mol. The predicted molar refractivity (Wildman–Crippen MR) is 255 cm³/mol. The molecule has 8 aliphatic rings. The summed E-state index contributed by atoms with van der Waals surface area (Å²) in [7, 11) is 0. The summed E-state index contributed by atoms with van der Waals surface area (Å²) in [6.45, 7) is 3.04. The van der Waals surface area contributed by atoms with Gasteiger partial charge in [-0.05, 0) is 167 Å². The average molecular weight is 762 g/mol. The molecule has 280 valence electrons. The van der Waals surface area contributed by atoms with Crippen LogP contribution in [0.3, 0.4) is 0 Å². The highest BCUT2D eigenvalue weighted by Gasteiger charge is 2.51. The topological polar surface area (TPSA) is 9.86 Å². The number of fused-ring (bicyclic) bond motifs is 4. The van der Waals surface area contributed by atoms with Gasteiger partial charge in [0.25, 0.3) is 6.71 Å². The summed E-state index contributed by atoms with van der Waals surface area (Å²) in [6.07, 6.45) is 10.5. The van der Waals surface area contributed by atoms with E-state index in [4.69, 9.17) is 0 Å². The molecule has 17 rings (SSSR count). The Morgan fingerprint density at radius 2 is 0.700 bits per heavy atom. The van der Waals surface area contributed by atoms with Crippen LogP contribution in [-0.2, 0) is 0 Å². The molecule has 0 bridgehead atoms. The fraction of sp³-hybridized carbons (Fsp3) is 0.236. The Kier molecular flexibility index (Phi) is 5.34. The molecule has 0 spiro atoms. The zero-order chi connectivity index (χ0) is 38.4. The molecule has 0 N–H and O–H groups in total. The average Bonchev–Trinajstić information content (AvgIpc) is 4.07. The lowest BCUT2D eigenvalue weighted by molar-refractivity contribution is 1.12. The quantitative estimate of drug-likeness (QED) is 0.172. The lowest BCUT2D eigenvalue weighted by Crippen LogP contribution is -2.70. The van der Waals surface area contributed by atoms with Crippen LogP contribution in [0.4, 0.5) is 0 Å². The fourth-order valence-electron chi connectivity index (χ4n) is 13.8. The van der Waals surface area contributed by atoms with Gasteiger partial charge in [0.2, 0.25) is 13.4 Å². The summed E-state index contributed by atoms with van der Waals surface area (Å²) in [5.41, 5.74) is 30.5. The summed E-state index contributed by atoms with van der Waals surface area (Å²) < 4.78 is 5.71. The molecule has 0 radical (unpaired) electrons. The molecule has 7 aromatic carbocycles. The number of hydrogen-bond donors (Lipinski definition) is 0. The van der Waals surface area contributed by atoms with Crippen molar-refractivity contribution in [3.05, 3.63) is 137 Å². The smallest absolute Gasteiger partial charge is 0.252 e. The zero-order valence-corrected chi connectivity index (χ0v) is 34.0. The van der Waals surface area contributed by atoms with Crippen molar-refractivity contribution < 1.29 is 0 Å². The highest BCUT2D eigenvalue weighted by molar-refractivity contribution is 7.06. The van der Waals surface area contributed by atoms with Crippen LogP contribution in [0, 0.1) is 6.92 Å². The van der Waals surface area contributed by atoms with Gasteiger partial charge < -0.3 is 9.13 Å². The standard InChI is InChI=1S/C55H41B3N2/c1-28-47-54-49-55-48(28)57(38-10-6-3-7-11-38)44-25-34(30-14-15-30)21-40-42-23-36(32-18-19-32)27-46(53(42)60(55)51(40)44)58(49)45-26-35(31-16-17-31)22-41-39-20-33(29-12-13-29)24-43(50(39)59(54)52(41)45)56(47)37-8-4-2-5-9-37/h2-11,20-27,29-32H,12-19H2,1H3. The third-order valence-electron chi connectivity index (χ3n) is 17.0. The molecule has 0 amide bonds. The van der Waals surface area contributed by atoms with Gasteiger partial charge >= 0.3 is 0 Å². The second-order valence-corrected chi connectivity index (χ2v) is 20.5. The molecule has 5 heteroatoms. The second-order valence-electron chi connectivity index (χ2n) is 20.5. The summed E-state index contributed by atoms with van der Waals surface area (Å²) in [4.78, 5) is 0. The molecule has 0 atom stereocenters. The number of hydrogen-bond acceptors (Lipinski definition) is 0. The second kappa shape index (κ2) is 10.3. The van der Waals surface area contributed by atoms with Gasteiger partial charge in [-0.3, -0.25) is 0 Å². The molecule has 2 aromatic heterocycles. The van der Waals surface area contributed by atoms with Crippen LogP contribution in [-0.4, -0.2) is 29.3 Å². The van der Waals surface area contributed by atoms with Crippen LogP contribution in [0.2, 0.25) is 0 Å². The third-order valence-corrected chi connectivity index (χ3v) is 17.0. The van der Waals surface area contributed by atoms with Gasteiger partial charge in [0.05, 0.1) is 0 Å². The summed E-state index contributed by atoms with van der Waals surface area (Å²) >= 11 is 0. The predicted octanol–water partition coefficient (Wildman–Crippen LogP) is 6.50. The van der Waals surface area contributed by atoms with E-state index in [1.165, 1.54) is 134 Å². The van der Waals surface area contributed by atoms with Crippen molar-refractivity contribution in [3.8, 4) is 11.4 Å². The molecule has 4 saturated carbocycles. The molecule has 9 aromatic rings. The van der Waals surface area contributed by atoms with Gasteiger partial charge in [-0.15, -0.1) is 0 Å². The highest BCUT2D eigenvalue weighted by Crippen LogP contribution is 2.49. The van der Waals surface area contributed by atoms with Crippen molar-refractivity contribution >= 4 is 113 Å². The molecular formula is C55H41B3N2. The molecule has 0 saturated heterocycles. The fourth-order valence-corrected chi connectivity index (χ4v) is 13.8. The lowest BCUT2D eigenvalue weighted by atomic mass is 9.26. The molecular weight excluding hydrogens is 721 g/mol. The van der Waals surface area contributed by atoms with Crippen molar-refractivity contribution in [1.82, 2.24) is 9.13 Å². The molecule has 4 aliphatic heterocycles. The van der Waals surface area contributed by atoms with E-state index in [2.05, 4.69) is 125 Å². The normalized spacial score (nSPS) is 18.9. The molecule has 4 fully saturated rings. The summed E-state index contributed by atoms with van der Waals surface area (Å²) in [5.74, 6) is 2.72. The van der Waals surface area contributed by atoms with E-state index in [9.17, 15) is 0 Å². The molecule has 0 unspecified atom stereocenters. The Balaban J connectivity index is 1.15. The van der Waals surface area contributed by atoms with Gasteiger partial charge in [-0.25, -0.2) is 0 Å². The number of nitrogens with zero attached hydrogens (tertiary/aromatic N) is 2. The first kappa shape index (κ1) is 31.2. The number of aromatic nitrogens is 2. The van der Waals surface area contributed by atoms with Crippen LogP contribution in [0.1, 0.15) is 103 Å². The van der Waals surface area contributed by atoms with Crippen LogP contribution in [0.5, 0.6) is 0 Å². The van der Waals surface area contributed by atoms with Gasteiger partial charge in [0, 0.05) is 55.0 Å². The Morgan fingerprint density at radius 3 is 1.02 bits per heavy atom. The maximum absolute atomic E-state index is 2.85. The van der Waals surface area contributed by atoms with Crippen molar-refractivity contribution in [2.45, 2.75) is 82.0 Å². The van der Waals surface area contributed by atoms with E-state index in [-0.39, 0.29) is 20.1 Å². The summed E-state index contributed by atoms with van der Waals surface area (Å²) in [5, 5.41) is 6.01. The Morgan fingerprint density at radius 1 is 0.383 bits per heavy atom. The van der Waals surface area contributed by atoms with Gasteiger partial charge in [-0.2, -0.15) is 0 Å². The van der Waals surface area contributed by atoms with Gasteiger partial charge in [-0.1, -0.05) is 101 Å². The van der Waals surface area contributed by atoms with Crippen LogP contribution in [0.25, 0.3) is 55.0 Å². The van der Waals surface area contributed by atoms with Crippen LogP contribution < -0.4 is 49.2 Å². The molecule has 60 heavy (non-hydrogen) atoms. The van der Waals surface area contributed by atoms with Crippen molar-refractivity contribution in [2.24, 2.45) is 0 Å². The van der Waals surface area contributed by atoms with E-state index in [1.54, 1.807) is 49.6 Å². The minimum absolute atomic E-state index is 0.158. The van der Waals surface area contributed by atoms with E-state index in [0.29, 0.717) is 23.7 Å². The lowest BCUT2D eigenvalue weighted by Gasteiger charge is -2.43. The zero-order valence-electron chi connectivity index (χ0n) is 34.0. The van der Waals surface area contributed by atoms with Gasteiger partial charge in [0.15, 0.2) is 0 Å². The van der Waals surface area contributed by atoms with Crippen LogP contribution in [0.15, 0.2) is 109 Å². The molecule has 2 nitrogen and oxygen atoms in total. The highest BCUT2D eigenvalue weighted by atomic mass is 15.0. The number of rotatable bonds is 6. The van der Waals surface area contributed by atoms with Crippen molar-refractivity contribution in [2.75, 3.05) is 0 Å². The van der Waals surface area contributed by atoms with Crippen molar-refractivity contribution in [3.63, 3.8) is 0 Å². The molecule has 6 heterocycles. The van der Waals surface area contributed by atoms with E-state index in [1.807, 2.05) is 0 Å². The number of benzene rings is 7. The minimum atomic E-state index is 0.158. The first-order chi connectivity index (χ1) is 29.7. The largest absolute Gasteiger partial charge is 0.311 e. The third kappa shape index (κ3) is 3.65. The summed E-state index contributed by atoms with van der Waals surface area (Å²) in [6, 6.07) is 44.8. The van der Waals surface area contributed by atoms with Gasteiger partial charge in [0.1, 0.15) is 0 Å². The Hall–Kier alpha value is -5.67. The maximum Gasteiger partial charge on any atom is 0.252 e. The minimum Gasteiger partial charge on any atom is -0.311 e. The maximum atomic E-state index is 2.85. The first-order valence-electron chi connectivity index (χ1n) is 23.3. The Bertz CT molecular complexity index is 3310. The van der Waals surface area contributed by atoms with Crippen molar-refractivity contribution in [1.29, 1.82) is 0 Å². The first-order valence-corrected chi connectivity index (χ1v) is 23.3. The SMILES string of the molecule is Cc1c2c3c4c5c1B(c1ccccc1)c1cc(C6CC6)cc6c7cc(C8CC8)cc(c7n-5c16)B4c1cc(C4CC4)cc4c5cc(C6CC6)cc(c5n-3c14)B2c1ccccc1. The molecule has 4 aliphatic carbocycles. The van der Waals surface area contributed by atoms with E-state index in [0.717, 1.165) is 0 Å². The van der Waals surface area contributed by atoms with E-state index >= 15 is 0 Å². The van der Waals surface area contributed by atoms with E-state index < -0.39 is 0 Å². The van der Waals surface area contributed by atoms with Crippen LogP contribution >= 0.6 is 0 Å². The Labute approximate surface area is 350 Å².